The summed E-state index contributed by atoms with van der Waals surface area (Å²) in [7, 11) is 0. The number of hydrogen-bond acceptors (Lipinski definition) is 2. The van der Waals surface area contributed by atoms with Crippen LogP contribution in [-0.2, 0) is 9.59 Å². The van der Waals surface area contributed by atoms with Gasteiger partial charge in [-0.3, -0.25) is 4.79 Å². The molecule has 10 heavy (non-hydrogen) atoms. The first kappa shape index (κ1) is 9.14. The molecule has 1 N–H and O–H groups in total. The number of carbonyl (C=O) groups excluding carboxylic acids is 2. The van der Waals surface area contributed by atoms with Crippen LogP contribution in [0.3, 0.4) is 0 Å². The van der Waals surface area contributed by atoms with E-state index in [0.29, 0.717) is 19.4 Å². The summed E-state index contributed by atoms with van der Waals surface area (Å²) < 4.78 is 0. The molecule has 0 aromatic rings. The summed E-state index contributed by atoms with van der Waals surface area (Å²) in [6, 6.07) is 0. The van der Waals surface area contributed by atoms with Gasteiger partial charge in [-0.25, -0.2) is 0 Å². The fourth-order valence-corrected chi connectivity index (χ4v) is 0.575. The van der Waals surface area contributed by atoms with Crippen LogP contribution in [0, 0.1) is 0 Å². The van der Waals surface area contributed by atoms with Crippen molar-refractivity contribution in [2.75, 3.05) is 6.54 Å². The predicted molar refractivity (Wildman–Crippen MR) is 38.6 cm³/mol. The summed E-state index contributed by atoms with van der Waals surface area (Å²) in [5.74, 6) is 0.0175. The maximum Gasteiger partial charge on any atom is 0.220 e. The number of nitrogens with one attached hydrogen (secondary N) is 1. The number of amides is 1. The van der Waals surface area contributed by atoms with Crippen molar-refractivity contribution in [1.82, 2.24) is 5.32 Å². The minimum Gasteiger partial charge on any atom is -0.356 e. The quantitative estimate of drug-likeness (QED) is 0.622. The predicted octanol–water partition coefficient (Wildman–Crippen LogP) is 0.492. The molecule has 1 amide bonds. The first-order chi connectivity index (χ1) is 4.66. The number of hydrogen-bond donors (Lipinski definition) is 1. The maximum atomic E-state index is 10.7. The lowest BCUT2D eigenvalue weighted by Crippen LogP contribution is -2.22. The topological polar surface area (TPSA) is 46.2 Å². The van der Waals surface area contributed by atoms with Crippen LogP contribution in [-0.4, -0.2) is 18.2 Å². The molecule has 3 nitrogen and oxygen atoms in total. The summed E-state index contributed by atoms with van der Waals surface area (Å²) in [6.07, 6.45) is 0.676. The summed E-state index contributed by atoms with van der Waals surface area (Å²) >= 11 is 0. The SMILES string of the molecule is CCNC(=O)CCC(C)=O. The molecular weight excluding hydrogens is 130 g/mol. The molecule has 3 heteroatoms. The van der Waals surface area contributed by atoms with Crippen molar-refractivity contribution in [2.24, 2.45) is 0 Å². The number of Topliss-reactive ketones (excluding diaryl/α,β-unsaturated/α-hetero) is 1. The Bertz CT molecular complexity index is 132. The Morgan fingerprint density at radius 3 is 2.30 bits per heavy atom. The first-order valence-electron chi connectivity index (χ1n) is 3.43. The van der Waals surface area contributed by atoms with E-state index < -0.39 is 0 Å². The van der Waals surface area contributed by atoms with Crippen molar-refractivity contribution < 1.29 is 9.59 Å². The van der Waals surface area contributed by atoms with Crippen molar-refractivity contribution in [1.29, 1.82) is 0 Å². The third-order valence-corrected chi connectivity index (χ3v) is 1.08. The minimum absolute atomic E-state index is 0.0438. The summed E-state index contributed by atoms with van der Waals surface area (Å²) in [6.45, 7) is 3.97. The standard InChI is InChI=1S/C7H13NO2/c1-3-8-7(10)5-4-6(2)9/h3-5H2,1-2H3,(H,8,10). The monoisotopic (exact) mass is 143 g/mol. The van der Waals surface area contributed by atoms with Crippen LogP contribution in [0.5, 0.6) is 0 Å². The van der Waals surface area contributed by atoms with Crippen LogP contribution >= 0.6 is 0 Å². The van der Waals surface area contributed by atoms with Gasteiger partial charge < -0.3 is 10.1 Å². The van der Waals surface area contributed by atoms with Gasteiger partial charge in [0.05, 0.1) is 0 Å². The summed E-state index contributed by atoms with van der Waals surface area (Å²) in [5, 5.41) is 2.61. The van der Waals surface area contributed by atoms with Crippen LogP contribution in [0.15, 0.2) is 0 Å². The van der Waals surface area contributed by atoms with Gasteiger partial charge in [-0.2, -0.15) is 0 Å². The van der Waals surface area contributed by atoms with Crippen LogP contribution in [0.4, 0.5) is 0 Å². The average molecular weight is 143 g/mol. The second-order valence-electron chi connectivity index (χ2n) is 2.16. The molecule has 0 unspecified atom stereocenters. The Labute approximate surface area is 60.8 Å². The highest BCUT2D eigenvalue weighted by atomic mass is 16.2. The molecule has 0 aliphatic rings. The summed E-state index contributed by atoms with van der Waals surface area (Å²) in [4.78, 5) is 21.1. The molecule has 0 aromatic heterocycles. The Kier molecular flexibility index (Phi) is 4.54. The third-order valence-electron chi connectivity index (χ3n) is 1.08. The molecule has 0 spiro atoms. The number of ketones is 1. The van der Waals surface area contributed by atoms with Crippen molar-refractivity contribution in [3.63, 3.8) is 0 Å². The Balaban J connectivity index is 3.30. The van der Waals surface area contributed by atoms with Crippen LogP contribution in [0.25, 0.3) is 0 Å². The normalized spacial score (nSPS) is 9.00. The largest absolute Gasteiger partial charge is 0.356 e. The highest BCUT2D eigenvalue weighted by Crippen LogP contribution is 1.88. The molecule has 0 aromatic carbocycles. The zero-order valence-corrected chi connectivity index (χ0v) is 6.44. The summed E-state index contributed by atoms with van der Waals surface area (Å²) in [5.41, 5.74) is 0. The van der Waals surface area contributed by atoms with Gasteiger partial charge in [0, 0.05) is 19.4 Å². The Morgan fingerprint density at radius 2 is 1.90 bits per heavy atom. The molecule has 0 bridgehead atoms. The molecule has 0 saturated carbocycles. The van der Waals surface area contributed by atoms with Gasteiger partial charge in [0.2, 0.25) is 5.91 Å². The van der Waals surface area contributed by atoms with Crippen molar-refractivity contribution in [2.45, 2.75) is 26.7 Å². The van der Waals surface area contributed by atoms with E-state index in [9.17, 15) is 9.59 Å². The number of carbonyl (C=O) groups is 2. The fourth-order valence-electron chi connectivity index (χ4n) is 0.575. The molecule has 0 radical (unpaired) electrons. The molecule has 0 fully saturated rings. The molecule has 0 atom stereocenters. The average Bonchev–Trinajstić information content (AvgIpc) is 1.85. The second-order valence-corrected chi connectivity index (χ2v) is 2.16. The minimum atomic E-state index is -0.0438. The molecule has 0 heterocycles. The zero-order valence-electron chi connectivity index (χ0n) is 6.44. The molecule has 0 saturated heterocycles. The highest BCUT2D eigenvalue weighted by Gasteiger charge is 2.00. The first-order valence-corrected chi connectivity index (χ1v) is 3.43. The smallest absolute Gasteiger partial charge is 0.220 e. The second kappa shape index (κ2) is 4.97. The van der Waals surface area contributed by atoms with Gasteiger partial charge in [-0.15, -0.1) is 0 Å². The van der Waals surface area contributed by atoms with Gasteiger partial charge in [0.1, 0.15) is 5.78 Å². The molecule has 58 valence electrons. The van der Waals surface area contributed by atoms with Gasteiger partial charge >= 0.3 is 0 Å². The fraction of sp³-hybridized carbons (Fsp3) is 0.714. The van der Waals surface area contributed by atoms with E-state index in [1.54, 1.807) is 0 Å². The molecule has 0 aliphatic carbocycles. The Hall–Kier alpha value is -0.860. The highest BCUT2D eigenvalue weighted by molar-refractivity contribution is 5.83. The van der Waals surface area contributed by atoms with Crippen molar-refractivity contribution in [3.8, 4) is 0 Å². The lowest BCUT2D eigenvalue weighted by Gasteiger charge is -1.98. The van der Waals surface area contributed by atoms with E-state index in [1.165, 1.54) is 6.92 Å². The van der Waals surface area contributed by atoms with Gasteiger partial charge in [-0.1, -0.05) is 0 Å². The van der Waals surface area contributed by atoms with Gasteiger partial charge in [0.15, 0.2) is 0 Å². The van der Waals surface area contributed by atoms with Crippen molar-refractivity contribution >= 4 is 11.7 Å². The van der Waals surface area contributed by atoms with E-state index in [-0.39, 0.29) is 11.7 Å². The van der Waals surface area contributed by atoms with Gasteiger partial charge in [-0.05, 0) is 13.8 Å². The molecular formula is C7H13NO2. The van der Waals surface area contributed by atoms with E-state index in [1.807, 2.05) is 6.92 Å². The van der Waals surface area contributed by atoms with E-state index in [4.69, 9.17) is 0 Å². The van der Waals surface area contributed by atoms with Crippen LogP contribution < -0.4 is 5.32 Å². The van der Waals surface area contributed by atoms with Crippen LogP contribution in [0.2, 0.25) is 0 Å². The Morgan fingerprint density at radius 1 is 1.30 bits per heavy atom. The molecule has 0 aliphatic heterocycles. The lowest BCUT2D eigenvalue weighted by molar-refractivity contribution is -0.124. The van der Waals surface area contributed by atoms with Gasteiger partial charge in [0.25, 0.3) is 0 Å². The van der Waals surface area contributed by atoms with Crippen molar-refractivity contribution in [3.05, 3.63) is 0 Å². The van der Waals surface area contributed by atoms with E-state index in [2.05, 4.69) is 5.32 Å². The van der Waals surface area contributed by atoms with Crippen LogP contribution in [0.1, 0.15) is 26.7 Å². The lowest BCUT2D eigenvalue weighted by atomic mass is 10.2. The van der Waals surface area contributed by atoms with E-state index >= 15 is 0 Å². The van der Waals surface area contributed by atoms with E-state index in [0.717, 1.165) is 0 Å². The zero-order chi connectivity index (χ0) is 7.98. The third kappa shape index (κ3) is 5.28. The maximum absolute atomic E-state index is 10.7. The number of rotatable bonds is 4. The molecule has 0 rings (SSSR count).